The Bertz CT molecular complexity index is 338. The Kier molecular flexibility index (Phi) is 8.73. The van der Waals surface area contributed by atoms with Crippen molar-refractivity contribution in [3.05, 3.63) is 0 Å². The summed E-state index contributed by atoms with van der Waals surface area (Å²) in [6.07, 6.45) is 8.40. The van der Waals surface area contributed by atoms with Crippen molar-refractivity contribution >= 4 is 18.3 Å². The standard InChI is InChI=1S/C17H33N3O.ClH/c1-13-6-5-8-16(14(13)2)19-17(21)12-20-11-4-3-7-15(20)9-10-18;/h13-16H,3-12,18H2,1-2H3,(H,19,21);1H. The van der Waals surface area contributed by atoms with Crippen LogP contribution in [0.4, 0.5) is 0 Å². The van der Waals surface area contributed by atoms with Gasteiger partial charge in [0.05, 0.1) is 6.54 Å². The van der Waals surface area contributed by atoms with E-state index in [1.807, 2.05) is 0 Å². The van der Waals surface area contributed by atoms with Gasteiger partial charge >= 0.3 is 0 Å². The van der Waals surface area contributed by atoms with E-state index in [4.69, 9.17) is 5.73 Å². The maximum absolute atomic E-state index is 12.4. The third-order valence-corrected chi connectivity index (χ3v) is 5.65. The molecule has 4 atom stereocenters. The second-order valence-corrected chi connectivity index (χ2v) is 7.14. The molecule has 4 nitrogen and oxygen atoms in total. The van der Waals surface area contributed by atoms with E-state index < -0.39 is 0 Å². The summed E-state index contributed by atoms with van der Waals surface area (Å²) in [7, 11) is 0. The van der Waals surface area contributed by atoms with Gasteiger partial charge in [0.25, 0.3) is 0 Å². The van der Waals surface area contributed by atoms with Crippen LogP contribution in [0.3, 0.4) is 0 Å². The van der Waals surface area contributed by atoms with Crippen LogP contribution in [0.1, 0.15) is 58.8 Å². The normalized spacial score (nSPS) is 33.0. The number of rotatable bonds is 5. The average molecular weight is 332 g/mol. The largest absolute Gasteiger partial charge is 0.352 e. The van der Waals surface area contributed by atoms with E-state index >= 15 is 0 Å². The van der Waals surface area contributed by atoms with Crippen LogP contribution in [0.25, 0.3) is 0 Å². The van der Waals surface area contributed by atoms with Crippen molar-refractivity contribution in [2.45, 2.75) is 70.9 Å². The van der Waals surface area contributed by atoms with Crippen LogP contribution in [0.15, 0.2) is 0 Å². The first kappa shape index (κ1) is 19.7. The summed E-state index contributed by atoms with van der Waals surface area (Å²) < 4.78 is 0. The highest BCUT2D eigenvalue weighted by Crippen LogP contribution is 2.29. The van der Waals surface area contributed by atoms with Crippen LogP contribution >= 0.6 is 12.4 Å². The minimum atomic E-state index is 0. The second kappa shape index (κ2) is 9.74. The molecule has 3 N–H and O–H groups in total. The Morgan fingerprint density at radius 2 is 1.95 bits per heavy atom. The first-order valence-corrected chi connectivity index (χ1v) is 8.85. The molecule has 2 aliphatic rings. The number of halogens is 1. The zero-order valence-electron chi connectivity index (χ0n) is 14.2. The van der Waals surface area contributed by atoms with Gasteiger partial charge in [0.1, 0.15) is 0 Å². The molecule has 1 aliphatic heterocycles. The zero-order chi connectivity index (χ0) is 15.2. The molecule has 22 heavy (non-hydrogen) atoms. The minimum Gasteiger partial charge on any atom is -0.352 e. The highest BCUT2D eigenvalue weighted by Gasteiger charge is 2.29. The number of carbonyl (C=O) groups is 1. The molecule has 2 rings (SSSR count). The fourth-order valence-electron chi connectivity index (χ4n) is 4.01. The van der Waals surface area contributed by atoms with E-state index in [2.05, 4.69) is 24.1 Å². The number of nitrogens with one attached hydrogen (secondary N) is 1. The van der Waals surface area contributed by atoms with Crippen LogP contribution in [0.2, 0.25) is 0 Å². The molecule has 1 aliphatic carbocycles. The van der Waals surface area contributed by atoms with Gasteiger partial charge in [0, 0.05) is 12.1 Å². The van der Waals surface area contributed by atoms with Crippen molar-refractivity contribution in [2.75, 3.05) is 19.6 Å². The van der Waals surface area contributed by atoms with E-state index in [9.17, 15) is 4.79 Å². The number of likely N-dealkylation sites (tertiary alicyclic amines) is 1. The van der Waals surface area contributed by atoms with Crippen molar-refractivity contribution in [1.29, 1.82) is 0 Å². The van der Waals surface area contributed by atoms with Crippen LogP contribution in [-0.2, 0) is 4.79 Å². The summed E-state index contributed by atoms with van der Waals surface area (Å²) in [5.41, 5.74) is 5.71. The quantitative estimate of drug-likeness (QED) is 0.814. The molecular formula is C17H34ClN3O. The van der Waals surface area contributed by atoms with Crippen molar-refractivity contribution in [1.82, 2.24) is 10.2 Å². The topological polar surface area (TPSA) is 58.4 Å². The lowest BCUT2D eigenvalue weighted by Gasteiger charge is -2.37. The van der Waals surface area contributed by atoms with Gasteiger partial charge in [0.15, 0.2) is 0 Å². The monoisotopic (exact) mass is 331 g/mol. The lowest BCUT2D eigenvalue weighted by Crippen LogP contribution is -2.50. The molecular weight excluding hydrogens is 298 g/mol. The summed E-state index contributed by atoms with van der Waals surface area (Å²) in [6.45, 7) is 6.93. The molecule has 0 aromatic rings. The van der Waals surface area contributed by atoms with Gasteiger partial charge in [0.2, 0.25) is 5.91 Å². The van der Waals surface area contributed by atoms with E-state index in [1.165, 1.54) is 32.1 Å². The number of hydrogen-bond donors (Lipinski definition) is 2. The van der Waals surface area contributed by atoms with Crippen LogP contribution < -0.4 is 11.1 Å². The minimum absolute atomic E-state index is 0. The van der Waals surface area contributed by atoms with E-state index in [0.717, 1.165) is 31.8 Å². The van der Waals surface area contributed by atoms with Gasteiger partial charge in [-0.05, 0) is 50.6 Å². The van der Waals surface area contributed by atoms with Crippen molar-refractivity contribution < 1.29 is 4.79 Å². The number of amides is 1. The Labute approximate surface area is 142 Å². The fraction of sp³-hybridized carbons (Fsp3) is 0.941. The highest BCUT2D eigenvalue weighted by atomic mass is 35.5. The van der Waals surface area contributed by atoms with E-state index in [1.54, 1.807) is 0 Å². The first-order valence-electron chi connectivity index (χ1n) is 8.85. The molecule has 1 saturated heterocycles. The Morgan fingerprint density at radius 3 is 2.68 bits per heavy atom. The van der Waals surface area contributed by atoms with Gasteiger partial charge in [-0.2, -0.15) is 0 Å². The molecule has 1 heterocycles. The van der Waals surface area contributed by atoms with Crippen molar-refractivity contribution in [2.24, 2.45) is 17.6 Å². The molecule has 2 fully saturated rings. The second-order valence-electron chi connectivity index (χ2n) is 7.14. The molecule has 130 valence electrons. The van der Waals surface area contributed by atoms with Gasteiger partial charge in [-0.3, -0.25) is 9.69 Å². The molecule has 4 unspecified atom stereocenters. The fourth-order valence-corrected chi connectivity index (χ4v) is 4.01. The first-order chi connectivity index (χ1) is 10.1. The zero-order valence-corrected chi connectivity index (χ0v) is 15.0. The summed E-state index contributed by atoms with van der Waals surface area (Å²) in [4.78, 5) is 14.7. The SMILES string of the molecule is CC1CCCC(NC(=O)CN2CCCCC2CCN)C1C.Cl. The molecule has 0 aromatic carbocycles. The number of nitrogens with zero attached hydrogens (tertiary/aromatic N) is 1. The Hall–Kier alpha value is -0.320. The third-order valence-electron chi connectivity index (χ3n) is 5.65. The Balaban J connectivity index is 0.00000242. The van der Waals surface area contributed by atoms with Crippen LogP contribution in [0.5, 0.6) is 0 Å². The van der Waals surface area contributed by atoms with Gasteiger partial charge in [-0.1, -0.05) is 33.1 Å². The Morgan fingerprint density at radius 1 is 1.18 bits per heavy atom. The van der Waals surface area contributed by atoms with Gasteiger partial charge in [-0.25, -0.2) is 0 Å². The molecule has 0 radical (unpaired) electrons. The van der Waals surface area contributed by atoms with Crippen molar-refractivity contribution in [3.63, 3.8) is 0 Å². The lowest BCUT2D eigenvalue weighted by molar-refractivity contribution is -0.124. The lowest BCUT2D eigenvalue weighted by atomic mass is 9.78. The molecule has 1 amide bonds. The van der Waals surface area contributed by atoms with Gasteiger partial charge in [-0.15, -0.1) is 12.4 Å². The molecule has 0 aromatic heterocycles. The number of carbonyl (C=O) groups excluding carboxylic acids is 1. The summed E-state index contributed by atoms with van der Waals surface area (Å²) in [6, 6.07) is 0.885. The average Bonchev–Trinajstić information content (AvgIpc) is 2.46. The number of hydrogen-bond acceptors (Lipinski definition) is 3. The van der Waals surface area contributed by atoms with Crippen molar-refractivity contribution in [3.8, 4) is 0 Å². The van der Waals surface area contributed by atoms with E-state index in [0.29, 0.717) is 24.5 Å². The summed E-state index contributed by atoms with van der Waals surface area (Å²) in [5, 5.41) is 3.30. The highest BCUT2D eigenvalue weighted by molar-refractivity contribution is 5.85. The predicted molar refractivity (Wildman–Crippen MR) is 94.2 cm³/mol. The third kappa shape index (κ3) is 5.39. The number of nitrogens with two attached hydrogens (primary N) is 1. The van der Waals surface area contributed by atoms with Gasteiger partial charge < -0.3 is 11.1 Å². The molecule has 5 heteroatoms. The smallest absolute Gasteiger partial charge is 0.234 e. The predicted octanol–water partition coefficient (Wildman–Crippen LogP) is 2.55. The summed E-state index contributed by atoms with van der Waals surface area (Å²) in [5.74, 6) is 1.54. The molecule has 0 spiro atoms. The molecule has 1 saturated carbocycles. The number of piperidine rings is 1. The van der Waals surface area contributed by atoms with Crippen LogP contribution in [0, 0.1) is 11.8 Å². The summed E-state index contributed by atoms with van der Waals surface area (Å²) >= 11 is 0. The molecule has 0 bridgehead atoms. The van der Waals surface area contributed by atoms with E-state index in [-0.39, 0.29) is 18.3 Å². The maximum atomic E-state index is 12.4. The van der Waals surface area contributed by atoms with Crippen LogP contribution in [-0.4, -0.2) is 42.5 Å². The maximum Gasteiger partial charge on any atom is 0.234 e.